The fraction of sp³-hybridized carbons (Fsp3) is 0.556. The molecule has 0 fully saturated rings. The molecule has 0 aliphatic heterocycles. The summed E-state index contributed by atoms with van der Waals surface area (Å²) in [6.07, 6.45) is 5.08. The predicted molar refractivity (Wildman–Crippen MR) is 50.0 cm³/mol. The van der Waals surface area contributed by atoms with Gasteiger partial charge in [0.1, 0.15) is 6.33 Å². The zero-order valence-corrected chi connectivity index (χ0v) is 7.83. The van der Waals surface area contributed by atoms with Crippen molar-refractivity contribution in [2.24, 2.45) is 5.41 Å². The Bertz CT molecular complexity index is 225. The third-order valence-corrected chi connectivity index (χ3v) is 1.38. The quantitative estimate of drug-likeness (QED) is 0.727. The third-order valence-electron chi connectivity index (χ3n) is 1.38. The molecule has 0 unspecified atom stereocenters. The standard InChI is InChI=1S/C9H15N3/c1-9(2,3)6-12-8-4-10-7-11-5-8/h4-5,7,12H,6H2,1-3H3. The van der Waals surface area contributed by atoms with E-state index in [0.29, 0.717) is 0 Å². The van der Waals surface area contributed by atoms with Gasteiger partial charge in [-0.05, 0) is 5.41 Å². The van der Waals surface area contributed by atoms with Crippen molar-refractivity contribution < 1.29 is 0 Å². The molecule has 3 nitrogen and oxygen atoms in total. The van der Waals surface area contributed by atoms with Crippen molar-refractivity contribution in [3.63, 3.8) is 0 Å². The molecule has 0 aromatic carbocycles. The molecular formula is C9H15N3. The largest absolute Gasteiger partial charge is 0.382 e. The lowest BCUT2D eigenvalue weighted by Gasteiger charge is -2.18. The molecule has 0 saturated heterocycles. The van der Waals surface area contributed by atoms with E-state index in [2.05, 4.69) is 36.1 Å². The van der Waals surface area contributed by atoms with E-state index in [1.165, 1.54) is 6.33 Å². The van der Waals surface area contributed by atoms with Gasteiger partial charge in [-0.1, -0.05) is 20.8 Å². The van der Waals surface area contributed by atoms with E-state index in [4.69, 9.17) is 0 Å². The van der Waals surface area contributed by atoms with Gasteiger partial charge in [0.25, 0.3) is 0 Å². The number of aromatic nitrogens is 2. The summed E-state index contributed by atoms with van der Waals surface area (Å²) in [7, 11) is 0. The minimum atomic E-state index is 0.288. The zero-order chi connectivity index (χ0) is 9.03. The molecule has 0 spiro atoms. The maximum atomic E-state index is 3.91. The SMILES string of the molecule is CC(C)(C)CNc1cncnc1. The fourth-order valence-electron chi connectivity index (χ4n) is 0.758. The summed E-state index contributed by atoms with van der Waals surface area (Å²) in [4.78, 5) is 7.82. The molecule has 66 valence electrons. The second-order valence-corrected chi connectivity index (χ2v) is 4.04. The van der Waals surface area contributed by atoms with Gasteiger partial charge in [0.15, 0.2) is 0 Å². The summed E-state index contributed by atoms with van der Waals surface area (Å²) in [6, 6.07) is 0. The average molecular weight is 165 g/mol. The lowest BCUT2D eigenvalue weighted by atomic mass is 9.97. The molecule has 1 rings (SSSR count). The number of hydrogen-bond acceptors (Lipinski definition) is 3. The first kappa shape index (κ1) is 8.97. The van der Waals surface area contributed by atoms with Crippen LogP contribution in [-0.2, 0) is 0 Å². The van der Waals surface area contributed by atoms with E-state index in [-0.39, 0.29) is 5.41 Å². The molecular weight excluding hydrogens is 150 g/mol. The van der Waals surface area contributed by atoms with Crippen molar-refractivity contribution in [3.05, 3.63) is 18.7 Å². The molecule has 3 heteroatoms. The van der Waals surface area contributed by atoms with E-state index in [1.807, 2.05) is 0 Å². The van der Waals surface area contributed by atoms with E-state index in [9.17, 15) is 0 Å². The molecule has 0 radical (unpaired) electrons. The van der Waals surface area contributed by atoms with Crippen LogP contribution in [0.3, 0.4) is 0 Å². The predicted octanol–water partition coefficient (Wildman–Crippen LogP) is 1.93. The third kappa shape index (κ3) is 3.32. The first-order valence-corrected chi connectivity index (χ1v) is 4.07. The maximum absolute atomic E-state index is 3.91. The van der Waals surface area contributed by atoms with Crippen LogP contribution in [0.4, 0.5) is 5.69 Å². The monoisotopic (exact) mass is 165 g/mol. The Kier molecular flexibility index (Phi) is 2.63. The Morgan fingerprint density at radius 1 is 1.25 bits per heavy atom. The second kappa shape index (κ2) is 3.52. The number of nitrogens with zero attached hydrogens (tertiary/aromatic N) is 2. The van der Waals surface area contributed by atoms with Gasteiger partial charge in [-0.3, -0.25) is 0 Å². The molecule has 0 aliphatic carbocycles. The lowest BCUT2D eigenvalue weighted by molar-refractivity contribution is 0.443. The summed E-state index contributed by atoms with van der Waals surface area (Å²) in [5.41, 5.74) is 1.27. The van der Waals surface area contributed by atoms with Crippen molar-refractivity contribution >= 4 is 5.69 Å². The van der Waals surface area contributed by atoms with E-state index >= 15 is 0 Å². The molecule has 1 aromatic heterocycles. The van der Waals surface area contributed by atoms with Crippen LogP contribution in [0.1, 0.15) is 20.8 Å². The molecule has 0 bridgehead atoms. The average Bonchev–Trinajstić information content (AvgIpc) is 2.02. The number of rotatable bonds is 2. The van der Waals surface area contributed by atoms with Crippen LogP contribution < -0.4 is 5.32 Å². The molecule has 0 amide bonds. The summed E-state index contributed by atoms with van der Waals surface area (Å²) in [5.74, 6) is 0. The molecule has 12 heavy (non-hydrogen) atoms. The Morgan fingerprint density at radius 3 is 2.33 bits per heavy atom. The summed E-state index contributed by atoms with van der Waals surface area (Å²) >= 11 is 0. The van der Waals surface area contributed by atoms with Gasteiger partial charge in [0.05, 0.1) is 18.1 Å². The molecule has 0 saturated carbocycles. The Hall–Kier alpha value is -1.12. The number of hydrogen-bond donors (Lipinski definition) is 1. The van der Waals surface area contributed by atoms with Gasteiger partial charge in [0, 0.05) is 6.54 Å². The van der Waals surface area contributed by atoms with Gasteiger partial charge in [-0.15, -0.1) is 0 Å². The summed E-state index contributed by atoms with van der Waals surface area (Å²) in [6.45, 7) is 7.48. The van der Waals surface area contributed by atoms with Crippen molar-refractivity contribution in [2.45, 2.75) is 20.8 Å². The lowest BCUT2D eigenvalue weighted by Crippen LogP contribution is -2.19. The van der Waals surface area contributed by atoms with Gasteiger partial charge >= 0.3 is 0 Å². The van der Waals surface area contributed by atoms with Crippen LogP contribution in [0.5, 0.6) is 0 Å². The van der Waals surface area contributed by atoms with Crippen molar-refractivity contribution in [1.82, 2.24) is 9.97 Å². The van der Waals surface area contributed by atoms with Crippen LogP contribution in [0.2, 0.25) is 0 Å². The summed E-state index contributed by atoms with van der Waals surface area (Å²) in [5, 5.41) is 3.26. The number of nitrogens with one attached hydrogen (secondary N) is 1. The van der Waals surface area contributed by atoms with E-state index in [0.717, 1.165) is 12.2 Å². The molecule has 0 aliphatic rings. The molecule has 1 heterocycles. The van der Waals surface area contributed by atoms with Gasteiger partial charge in [0.2, 0.25) is 0 Å². The van der Waals surface area contributed by atoms with E-state index < -0.39 is 0 Å². The van der Waals surface area contributed by atoms with Crippen LogP contribution in [0.15, 0.2) is 18.7 Å². The summed E-state index contributed by atoms with van der Waals surface area (Å²) < 4.78 is 0. The van der Waals surface area contributed by atoms with Gasteiger partial charge < -0.3 is 5.32 Å². The topological polar surface area (TPSA) is 37.8 Å². The smallest absolute Gasteiger partial charge is 0.115 e. The van der Waals surface area contributed by atoms with E-state index in [1.54, 1.807) is 12.4 Å². The highest BCUT2D eigenvalue weighted by Gasteiger charge is 2.08. The van der Waals surface area contributed by atoms with Crippen LogP contribution in [0, 0.1) is 5.41 Å². The first-order valence-electron chi connectivity index (χ1n) is 4.07. The Labute approximate surface area is 73.2 Å². The normalized spacial score (nSPS) is 11.2. The van der Waals surface area contributed by atoms with Crippen LogP contribution >= 0.6 is 0 Å². The minimum Gasteiger partial charge on any atom is -0.382 e. The Morgan fingerprint density at radius 2 is 1.83 bits per heavy atom. The molecule has 1 aromatic rings. The second-order valence-electron chi connectivity index (χ2n) is 4.04. The molecule has 1 N–H and O–H groups in total. The maximum Gasteiger partial charge on any atom is 0.115 e. The van der Waals surface area contributed by atoms with Crippen molar-refractivity contribution in [3.8, 4) is 0 Å². The highest BCUT2D eigenvalue weighted by molar-refractivity contribution is 5.37. The highest BCUT2D eigenvalue weighted by atomic mass is 14.9. The number of anilines is 1. The van der Waals surface area contributed by atoms with Gasteiger partial charge in [-0.25, -0.2) is 9.97 Å². The van der Waals surface area contributed by atoms with Gasteiger partial charge in [-0.2, -0.15) is 0 Å². The van der Waals surface area contributed by atoms with Crippen LogP contribution in [-0.4, -0.2) is 16.5 Å². The zero-order valence-electron chi connectivity index (χ0n) is 7.83. The Balaban J connectivity index is 2.44. The van der Waals surface area contributed by atoms with Crippen molar-refractivity contribution in [2.75, 3.05) is 11.9 Å². The fourth-order valence-corrected chi connectivity index (χ4v) is 0.758. The molecule has 0 atom stereocenters. The highest BCUT2D eigenvalue weighted by Crippen LogP contribution is 2.13. The van der Waals surface area contributed by atoms with Crippen LogP contribution in [0.25, 0.3) is 0 Å². The minimum absolute atomic E-state index is 0.288. The van der Waals surface area contributed by atoms with Crippen molar-refractivity contribution in [1.29, 1.82) is 0 Å². The first-order chi connectivity index (χ1) is 5.58.